The Morgan fingerprint density at radius 1 is 1.45 bits per heavy atom. The molecule has 0 bridgehead atoms. The molecule has 0 atom stereocenters. The largest absolute Gasteiger partial charge is 0.464 e. The SMILES string of the molecule is C=Cc1ccc2[c]coc2c1. The molecule has 1 radical (unpaired) electrons. The van der Waals surface area contributed by atoms with Crippen LogP contribution in [0.3, 0.4) is 0 Å². The van der Waals surface area contributed by atoms with E-state index >= 15 is 0 Å². The first-order valence-corrected chi connectivity index (χ1v) is 3.41. The van der Waals surface area contributed by atoms with Gasteiger partial charge in [-0.25, -0.2) is 0 Å². The molecule has 0 aliphatic heterocycles. The van der Waals surface area contributed by atoms with E-state index in [1.165, 1.54) is 0 Å². The van der Waals surface area contributed by atoms with Gasteiger partial charge < -0.3 is 4.42 Å². The van der Waals surface area contributed by atoms with Crippen molar-refractivity contribution >= 4 is 17.0 Å². The highest BCUT2D eigenvalue weighted by Crippen LogP contribution is 2.16. The van der Waals surface area contributed by atoms with Crippen molar-refractivity contribution in [3.63, 3.8) is 0 Å². The van der Waals surface area contributed by atoms with Gasteiger partial charge in [0, 0.05) is 11.5 Å². The Hall–Kier alpha value is -1.50. The summed E-state index contributed by atoms with van der Waals surface area (Å²) in [6, 6.07) is 8.87. The van der Waals surface area contributed by atoms with Crippen LogP contribution in [-0.4, -0.2) is 0 Å². The molecule has 0 amide bonds. The first-order valence-electron chi connectivity index (χ1n) is 3.41. The maximum absolute atomic E-state index is 5.16. The van der Waals surface area contributed by atoms with Gasteiger partial charge in [0.1, 0.15) is 5.58 Å². The molecule has 1 aromatic carbocycles. The zero-order chi connectivity index (χ0) is 7.68. The van der Waals surface area contributed by atoms with E-state index in [0.29, 0.717) is 0 Å². The quantitative estimate of drug-likeness (QED) is 0.598. The van der Waals surface area contributed by atoms with Gasteiger partial charge in [-0.2, -0.15) is 0 Å². The molecule has 53 valence electrons. The van der Waals surface area contributed by atoms with Crippen LogP contribution in [0.15, 0.2) is 35.5 Å². The third-order valence-corrected chi connectivity index (χ3v) is 1.64. The Morgan fingerprint density at radius 3 is 3.18 bits per heavy atom. The highest BCUT2D eigenvalue weighted by Gasteiger charge is 1.95. The minimum atomic E-state index is 0.863. The van der Waals surface area contributed by atoms with Crippen molar-refractivity contribution < 1.29 is 4.42 Å². The van der Waals surface area contributed by atoms with Crippen molar-refractivity contribution in [1.29, 1.82) is 0 Å². The molecular weight excluding hydrogens is 136 g/mol. The third-order valence-electron chi connectivity index (χ3n) is 1.64. The van der Waals surface area contributed by atoms with Crippen molar-refractivity contribution in [2.75, 3.05) is 0 Å². The molecule has 0 fully saturated rings. The Kier molecular flexibility index (Phi) is 1.29. The van der Waals surface area contributed by atoms with E-state index in [1.54, 1.807) is 12.3 Å². The van der Waals surface area contributed by atoms with Crippen LogP contribution < -0.4 is 0 Å². The smallest absolute Gasteiger partial charge is 0.135 e. The molecule has 0 spiro atoms. The van der Waals surface area contributed by atoms with Gasteiger partial charge >= 0.3 is 0 Å². The lowest BCUT2D eigenvalue weighted by atomic mass is 10.2. The molecule has 0 N–H and O–H groups in total. The lowest BCUT2D eigenvalue weighted by Crippen LogP contribution is -1.68. The van der Waals surface area contributed by atoms with Crippen LogP contribution in [0, 0.1) is 6.07 Å². The molecule has 0 saturated carbocycles. The number of rotatable bonds is 1. The van der Waals surface area contributed by atoms with Crippen molar-refractivity contribution in [2.24, 2.45) is 0 Å². The molecular formula is C10H7O. The fourth-order valence-corrected chi connectivity index (χ4v) is 1.04. The molecule has 0 aliphatic rings. The lowest BCUT2D eigenvalue weighted by Gasteiger charge is -1.90. The summed E-state index contributed by atoms with van der Waals surface area (Å²) in [6.45, 7) is 3.67. The zero-order valence-corrected chi connectivity index (χ0v) is 6.00. The first-order chi connectivity index (χ1) is 5.40. The van der Waals surface area contributed by atoms with E-state index < -0.39 is 0 Å². The highest BCUT2D eigenvalue weighted by molar-refractivity contribution is 5.78. The standard InChI is InChI=1S/C10H7O/c1-2-8-3-4-9-5-6-11-10(9)7-8/h2-4,6-7H,1H2. The molecule has 2 rings (SSSR count). The number of furan rings is 1. The van der Waals surface area contributed by atoms with Gasteiger partial charge in [0.2, 0.25) is 0 Å². The Bertz CT molecular complexity index is 384. The first kappa shape index (κ1) is 6.23. The number of hydrogen-bond donors (Lipinski definition) is 0. The number of fused-ring (bicyclic) bond motifs is 1. The van der Waals surface area contributed by atoms with Crippen LogP contribution in [0.4, 0.5) is 0 Å². The molecule has 2 aromatic rings. The summed E-state index contributed by atoms with van der Waals surface area (Å²) in [5.74, 6) is 0. The van der Waals surface area contributed by atoms with Crippen LogP contribution in [0.5, 0.6) is 0 Å². The molecule has 11 heavy (non-hydrogen) atoms. The average molecular weight is 143 g/mol. The van der Waals surface area contributed by atoms with E-state index in [2.05, 4.69) is 12.6 Å². The molecule has 0 saturated heterocycles. The van der Waals surface area contributed by atoms with Gasteiger partial charge in [0.25, 0.3) is 0 Å². The van der Waals surface area contributed by atoms with Gasteiger partial charge in [0.05, 0.1) is 6.26 Å². The van der Waals surface area contributed by atoms with Crippen molar-refractivity contribution in [3.8, 4) is 0 Å². The van der Waals surface area contributed by atoms with Crippen LogP contribution in [0.25, 0.3) is 17.0 Å². The third kappa shape index (κ3) is 0.944. The molecule has 1 aromatic heterocycles. The second kappa shape index (κ2) is 2.27. The second-order valence-corrected chi connectivity index (χ2v) is 2.34. The van der Waals surface area contributed by atoms with Crippen LogP contribution in [-0.2, 0) is 0 Å². The summed E-state index contributed by atoms with van der Waals surface area (Å²) in [5.41, 5.74) is 1.93. The Morgan fingerprint density at radius 2 is 2.36 bits per heavy atom. The van der Waals surface area contributed by atoms with Crippen molar-refractivity contribution in [3.05, 3.63) is 42.7 Å². The summed E-state index contributed by atoms with van der Waals surface area (Å²) in [6.07, 6.45) is 3.36. The minimum Gasteiger partial charge on any atom is -0.464 e. The molecule has 1 heteroatoms. The second-order valence-electron chi connectivity index (χ2n) is 2.34. The van der Waals surface area contributed by atoms with E-state index in [-0.39, 0.29) is 0 Å². The minimum absolute atomic E-state index is 0.863. The molecule has 1 nitrogen and oxygen atoms in total. The summed E-state index contributed by atoms with van der Waals surface area (Å²) >= 11 is 0. The van der Waals surface area contributed by atoms with Crippen LogP contribution in [0.1, 0.15) is 5.56 Å². The predicted molar refractivity (Wildman–Crippen MR) is 45.1 cm³/mol. The van der Waals surface area contributed by atoms with Gasteiger partial charge in [-0.1, -0.05) is 18.7 Å². The van der Waals surface area contributed by atoms with Gasteiger partial charge in [-0.05, 0) is 17.7 Å². The van der Waals surface area contributed by atoms with Crippen LogP contribution in [0.2, 0.25) is 0 Å². The maximum Gasteiger partial charge on any atom is 0.135 e. The average Bonchev–Trinajstić information content (AvgIpc) is 2.50. The monoisotopic (exact) mass is 143 g/mol. The van der Waals surface area contributed by atoms with E-state index in [4.69, 9.17) is 4.42 Å². The van der Waals surface area contributed by atoms with Gasteiger partial charge in [-0.3, -0.25) is 0 Å². The Labute approximate surface area is 64.9 Å². The van der Waals surface area contributed by atoms with Crippen molar-refractivity contribution in [1.82, 2.24) is 0 Å². The van der Waals surface area contributed by atoms with Crippen molar-refractivity contribution in [2.45, 2.75) is 0 Å². The van der Waals surface area contributed by atoms with E-state index in [1.807, 2.05) is 18.2 Å². The normalized spacial score (nSPS) is 10.2. The summed E-state index contributed by atoms with van der Waals surface area (Å²) in [7, 11) is 0. The van der Waals surface area contributed by atoms with Gasteiger partial charge in [0.15, 0.2) is 0 Å². The van der Waals surface area contributed by atoms with E-state index in [9.17, 15) is 0 Å². The fraction of sp³-hybridized carbons (Fsp3) is 0. The maximum atomic E-state index is 5.16. The summed E-state index contributed by atoms with van der Waals surface area (Å²) in [5, 5.41) is 1.01. The van der Waals surface area contributed by atoms with Gasteiger partial charge in [-0.15, -0.1) is 0 Å². The number of hydrogen-bond acceptors (Lipinski definition) is 1. The topological polar surface area (TPSA) is 13.1 Å². The lowest BCUT2D eigenvalue weighted by molar-refractivity contribution is 0.615. The molecule has 1 heterocycles. The number of benzene rings is 1. The molecule has 0 aliphatic carbocycles. The van der Waals surface area contributed by atoms with E-state index in [0.717, 1.165) is 16.5 Å². The predicted octanol–water partition coefficient (Wildman–Crippen LogP) is 2.88. The summed E-state index contributed by atoms with van der Waals surface area (Å²) < 4.78 is 5.16. The fourth-order valence-electron chi connectivity index (χ4n) is 1.04. The Balaban J connectivity index is 2.76. The zero-order valence-electron chi connectivity index (χ0n) is 6.00. The van der Waals surface area contributed by atoms with Crippen LogP contribution >= 0.6 is 0 Å². The summed E-state index contributed by atoms with van der Waals surface area (Å²) in [4.78, 5) is 0. The highest BCUT2D eigenvalue weighted by atomic mass is 16.3. The molecule has 0 unspecified atom stereocenters.